The van der Waals surface area contributed by atoms with E-state index in [2.05, 4.69) is 31.0 Å². The van der Waals surface area contributed by atoms with Crippen LogP contribution in [0.3, 0.4) is 0 Å². The molecule has 12 N–H and O–H groups in total. The van der Waals surface area contributed by atoms with E-state index < -0.39 is 111 Å². The average molecular weight is 928 g/mol. The summed E-state index contributed by atoms with van der Waals surface area (Å²) in [5, 5.41) is 19.8. The van der Waals surface area contributed by atoms with Gasteiger partial charge in [0.05, 0.1) is 29.8 Å². The van der Waals surface area contributed by atoms with Crippen molar-refractivity contribution < 1.29 is 61.3 Å². The summed E-state index contributed by atoms with van der Waals surface area (Å²) in [5.41, 5.74) is 16.7. The summed E-state index contributed by atoms with van der Waals surface area (Å²) in [4.78, 5) is 94.7. The maximum atomic E-state index is 14.0. The molecule has 0 saturated carbocycles. The van der Waals surface area contributed by atoms with Crippen LogP contribution < -0.4 is 47.9 Å². The third kappa shape index (κ3) is 19.5. The maximum Gasteiger partial charge on any atom is 0.326 e. The van der Waals surface area contributed by atoms with Gasteiger partial charge in [-0.25, -0.2) is 17.9 Å². The first-order valence-electron chi connectivity index (χ1n) is 20.7. The van der Waals surface area contributed by atoms with Gasteiger partial charge in [-0.15, -0.1) is 0 Å². The van der Waals surface area contributed by atoms with Gasteiger partial charge < -0.3 is 57.8 Å². The minimum Gasteiger partial charge on any atom is -0.496 e. The molecule has 0 saturated heterocycles. The van der Waals surface area contributed by atoms with E-state index in [9.17, 15) is 47.1 Å². The summed E-state index contributed by atoms with van der Waals surface area (Å²) in [6, 6.07) is -5.55. The van der Waals surface area contributed by atoms with Gasteiger partial charge >= 0.3 is 11.9 Å². The van der Waals surface area contributed by atoms with E-state index in [-0.39, 0.29) is 43.5 Å². The molecule has 5 amide bonds. The predicted molar refractivity (Wildman–Crippen MR) is 236 cm³/mol. The van der Waals surface area contributed by atoms with E-state index >= 15 is 0 Å². The molecule has 0 spiro atoms. The second-order valence-corrected chi connectivity index (χ2v) is 19.0. The number of carbonyl (C=O) groups is 7. The van der Waals surface area contributed by atoms with E-state index in [1.54, 1.807) is 68.4 Å². The van der Waals surface area contributed by atoms with E-state index in [4.69, 9.17) is 31.4 Å². The number of sulfonamides is 1. The molecule has 0 heterocycles. The van der Waals surface area contributed by atoms with Crippen molar-refractivity contribution in [1.29, 1.82) is 0 Å². The third-order valence-electron chi connectivity index (χ3n) is 9.26. The Balaban J connectivity index is 3.31. The average Bonchev–Trinajstić information content (AvgIpc) is 3.14. The quantitative estimate of drug-likeness (QED) is 0.0284. The largest absolute Gasteiger partial charge is 0.496 e. The molecule has 1 aromatic rings. The molecule has 64 heavy (non-hydrogen) atoms. The second kappa shape index (κ2) is 24.5. The normalized spacial score (nSPS) is 15.0. The van der Waals surface area contributed by atoms with Gasteiger partial charge in [-0.05, 0) is 125 Å². The van der Waals surface area contributed by atoms with Gasteiger partial charge in [0.1, 0.15) is 35.5 Å². The Bertz CT molecular complexity index is 1990. The molecule has 0 aliphatic carbocycles. The van der Waals surface area contributed by atoms with Crippen LogP contribution in [-0.2, 0) is 53.1 Å². The van der Waals surface area contributed by atoms with Crippen molar-refractivity contribution in [2.75, 3.05) is 13.7 Å². The molecule has 362 valence electrons. The van der Waals surface area contributed by atoms with Crippen LogP contribution in [0.2, 0.25) is 0 Å². The maximum absolute atomic E-state index is 14.0. The molecule has 0 aromatic heterocycles. The fraction of sp³-hybridized carbons (Fsp3) is 0.659. The number of hydrogen-bond donors (Lipinski definition) is 9. The van der Waals surface area contributed by atoms with Crippen LogP contribution in [0.25, 0.3) is 0 Å². The van der Waals surface area contributed by atoms with Crippen molar-refractivity contribution >= 4 is 57.5 Å². The standard InChI is InChI=1S/C41H69N9O13S/c1-21-20-29(61-12)22(2)23(3)33(21)64(59,60)50-39(44)45-19-13-14-28(38(57)58)48-35(54)26(15-17-30(43)51)47-37(56)32(25(5)62-40(6,7)8)49-36(55)27(46-34(53)24(4)42)16-18-31(52)63-41(9,10)11/h20,24-28,32H,13-19,42H2,1-12H3,(H2,43,51)(H,46,53)(H,47,56)(H,48,54)(H,49,55)(H,57,58)(H3,44,45,50)/t24-,25+,26-,27-,28-,32-/m0/s1. The fourth-order valence-corrected chi connectivity index (χ4v) is 7.69. The Hall–Kier alpha value is -5.55. The number of aryl methyl sites for hydroxylation is 1. The first-order valence-corrected chi connectivity index (χ1v) is 22.1. The highest BCUT2D eigenvalue weighted by Crippen LogP contribution is 2.30. The lowest BCUT2D eigenvalue weighted by Crippen LogP contribution is -2.61. The highest BCUT2D eigenvalue weighted by Gasteiger charge is 2.36. The van der Waals surface area contributed by atoms with Crippen LogP contribution in [0.4, 0.5) is 0 Å². The van der Waals surface area contributed by atoms with Crippen molar-refractivity contribution in [2.45, 2.75) is 167 Å². The van der Waals surface area contributed by atoms with Gasteiger partial charge in [-0.3, -0.25) is 33.8 Å². The van der Waals surface area contributed by atoms with Gasteiger partial charge in [-0.2, -0.15) is 0 Å². The molecular formula is C41H69N9O13S. The van der Waals surface area contributed by atoms with Crippen LogP contribution in [0, 0.1) is 20.8 Å². The van der Waals surface area contributed by atoms with E-state index in [1.807, 2.05) is 0 Å². The molecule has 0 unspecified atom stereocenters. The Morgan fingerprint density at radius 3 is 1.80 bits per heavy atom. The van der Waals surface area contributed by atoms with Crippen LogP contribution in [-0.4, -0.2) is 122 Å². The van der Waals surface area contributed by atoms with Crippen molar-refractivity contribution in [1.82, 2.24) is 26.0 Å². The summed E-state index contributed by atoms with van der Waals surface area (Å²) in [5.74, 6) is -6.58. The zero-order valence-electron chi connectivity index (χ0n) is 38.9. The molecule has 0 aliphatic rings. The summed E-state index contributed by atoms with van der Waals surface area (Å²) in [6.45, 7) is 17.6. The molecule has 0 bridgehead atoms. The lowest BCUT2D eigenvalue weighted by atomic mass is 10.0. The van der Waals surface area contributed by atoms with Gasteiger partial charge in [0, 0.05) is 19.4 Å². The third-order valence-corrected chi connectivity index (χ3v) is 10.9. The van der Waals surface area contributed by atoms with Crippen molar-refractivity contribution in [3.8, 4) is 5.75 Å². The Kier molecular flexibility index (Phi) is 21.6. The van der Waals surface area contributed by atoms with Gasteiger partial charge in [0.15, 0.2) is 0 Å². The van der Waals surface area contributed by atoms with Crippen LogP contribution in [0.1, 0.15) is 111 Å². The number of ether oxygens (including phenoxy) is 3. The highest BCUT2D eigenvalue weighted by molar-refractivity contribution is 7.90. The lowest BCUT2D eigenvalue weighted by molar-refractivity contribution is -0.155. The zero-order valence-corrected chi connectivity index (χ0v) is 39.7. The molecule has 23 heteroatoms. The van der Waals surface area contributed by atoms with E-state index in [0.29, 0.717) is 22.4 Å². The number of carboxylic acids is 1. The number of carbonyl (C=O) groups excluding carboxylic acids is 6. The van der Waals surface area contributed by atoms with Crippen LogP contribution in [0.5, 0.6) is 5.75 Å². The number of rotatable bonds is 24. The number of nitrogens with zero attached hydrogens (tertiary/aromatic N) is 1. The lowest BCUT2D eigenvalue weighted by Gasteiger charge is -2.32. The topological polar surface area (TPSA) is 352 Å². The number of aliphatic imine (C=N–C) groups is 1. The molecule has 22 nitrogen and oxygen atoms in total. The Morgan fingerprint density at radius 1 is 0.766 bits per heavy atom. The number of benzene rings is 1. The summed E-state index contributed by atoms with van der Waals surface area (Å²) >= 11 is 0. The molecule has 0 radical (unpaired) electrons. The van der Waals surface area contributed by atoms with E-state index in [1.165, 1.54) is 21.0 Å². The molecule has 1 aromatic carbocycles. The number of nitrogens with one attached hydrogen (secondary N) is 5. The van der Waals surface area contributed by atoms with Crippen LogP contribution >= 0.6 is 0 Å². The number of carboxylic acid groups (broad SMARTS) is 1. The predicted octanol–water partition coefficient (Wildman–Crippen LogP) is -0.0443. The molecule has 0 fully saturated rings. The van der Waals surface area contributed by atoms with Crippen molar-refractivity contribution in [3.05, 3.63) is 22.8 Å². The number of nitrogens with two attached hydrogens (primary N) is 3. The number of esters is 1. The van der Waals surface area contributed by atoms with Crippen LogP contribution in [0.15, 0.2) is 16.0 Å². The van der Waals surface area contributed by atoms with E-state index in [0.717, 1.165) is 0 Å². The first-order chi connectivity index (χ1) is 29.3. The van der Waals surface area contributed by atoms with Gasteiger partial charge in [0.2, 0.25) is 35.5 Å². The first kappa shape index (κ1) is 56.5. The number of primary amides is 1. The molecular weight excluding hydrogens is 859 g/mol. The summed E-state index contributed by atoms with van der Waals surface area (Å²) in [6.07, 6.45) is -2.70. The van der Waals surface area contributed by atoms with Gasteiger partial charge in [0.25, 0.3) is 10.0 Å². The number of aliphatic carboxylic acids is 1. The van der Waals surface area contributed by atoms with Crippen molar-refractivity contribution in [2.24, 2.45) is 22.2 Å². The zero-order chi connectivity index (χ0) is 49.5. The number of hydrogen-bond acceptors (Lipinski definition) is 14. The highest BCUT2D eigenvalue weighted by atomic mass is 32.2. The minimum atomic E-state index is -4.18. The Labute approximate surface area is 375 Å². The number of amides is 5. The number of methoxy groups -OCH3 is 1. The molecule has 6 atom stereocenters. The SMILES string of the molecule is COc1cc(C)c(S(=O)(=O)NC(N)=NCCC[C@H](NC(=O)[C@H](CCC(N)=O)NC(=O)[C@@H](NC(=O)[C@H](CCC(=O)OC(C)(C)C)NC(=O)[C@H](C)N)[C@@H](C)OC(C)(C)C)C(=O)O)c(C)c1C. The minimum absolute atomic E-state index is 0.00867. The van der Waals surface area contributed by atoms with Gasteiger partial charge in [-0.1, -0.05) is 0 Å². The Morgan fingerprint density at radius 2 is 1.30 bits per heavy atom. The van der Waals surface area contributed by atoms with Crippen molar-refractivity contribution in [3.63, 3.8) is 0 Å². The number of guanidine groups is 1. The smallest absolute Gasteiger partial charge is 0.326 e. The summed E-state index contributed by atoms with van der Waals surface area (Å²) in [7, 11) is -2.72. The molecule has 0 aliphatic heterocycles. The monoisotopic (exact) mass is 927 g/mol. The molecule has 1 rings (SSSR count). The summed E-state index contributed by atoms with van der Waals surface area (Å²) < 4.78 is 45.3. The fourth-order valence-electron chi connectivity index (χ4n) is 6.21. The second-order valence-electron chi connectivity index (χ2n) is 17.4.